The van der Waals surface area contributed by atoms with E-state index in [0.717, 1.165) is 48.1 Å². The van der Waals surface area contributed by atoms with Crippen molar-refractivity contribution in [3.05, 3.63) is 57.5 Å². The summed E-state index contributed by atoms with van der Waals surface area (Å²) in [6, 6.07) is 7.82. The molecule has 0 saturated carbocycles. The second-order valence-corrected chi connectivity index (χ2v) is 8.27. The van der Waals surface area contributed by atoms with E-state index in [1.54, 1.807) is 0 Å². The van der Waals surface area contributed by atoms with Crippen LogP contribution in [0.1, 0.15) is 41.3 Å². The van der Waals surface area contributed by atoms with Gasteiger partial charge >= 0.3 is 0 Å². The lowest BCUT2D eigenvalue weighted by molar-refractivity contribution is 0.0948. The fraction of sp³-hybridized carbons (Fsp3) is 0.400. The molecule has 0 atom stereocenters. The van der Waals surface area contributed by atoms with Crippen LogP contribution >= 0.6 is 11.3 Å². The Morgan fingerprint density at radius 1 is 1.29 bits per heavy atom. The molecule has 1 aromatic carbocycles. The third-order valence-electron chi connectivity index (χ3n) is 5.28. The second kappa shape index (κ2) is 7.71. The number of carbonyl (C=O) groups excluding carboxylic acids is 1. The Hall–Kier alpha value is -2.74. The summed E-state index contributed by atoms with van der Waals surface area (Å²) in [6.07, 6.45) is 3.58. The summed E-state index contributed by atoms with van der Waals surface area (Å²) in [5.41, 5.74) is 1.68. The quantitative estimate of drug-likeness (QED) is 0.732. The predicted octanol–water partition coefficient (Wildman–Crippen LogP) is 2.63. The van der Waals surface area contributed by atoms with Crippen molar-refractivity contribution < 1.29 is 4.79 Å². The molecule has 1 fully saturated rings. The molecule has 0 radical (unpaired) electrons. The molecule has 4 rings (SSSR count). The zero-order chi connectivity index (χ0) is 19.7. The first-order valence-corrected chi connectivity index (χ1v) is 10.3. The number of fused-ring (bicyclic) bond motifs is 1. The summed E-state index contributed by atoms with van der Waals surface area (Å²) in [6.45, 7) is 6.46. The highest BCUT2D eigenvalue weighted by atomic mass is 32.1. The van der Waals surface area contributed by atoms with Crippen molar-refractivity contribution in [2.24, 2.45) is 5.92 Å². The predicted molar refractivity (Wildman–Crippen MR) is 110 cm³/mol. The van der Waals surface area contributed by atoms with Gasteiger partial charge in [0, 0.05) is 25.8 Å². The zero-order valence-electron chi connectivity index (χ0n) is 16.0. The van der Waals surface area contributed by atoms with Crippen LogP contribution in [0.4, 0.5) is 5.13 Å². The third kappa shape index (κ3) is 3.64. The molecule has 7 nitrogen and oxygen atoms in total. The number of rotatable bonds is 4. The van der Waals surface area contributed by atoms with Gasteiger partial charge in [-0.3, -0.25) is 9.59 Å². The van der Waals surface area contributed by atoms with Gasteiger partial charge in [0.25, 0.3) is 11.5 Å². The molecule has 3 aromatic rings. The lowest BCUT2D eigenvalue weighted by Crippen LogP contribution is -2.33. The smallest absolute Gasteiger partial charge is 0.288 e. The molecule has 0 unspecified atom stereocenters. The number of piperidine rings is 1. The molecule has 146 valence electrons. The lowest BCUT2D eigenvalue weighted by atomic mass is 10.00. The van der Waals surface area contributed by atoms with Gasteiger partial charge in [0.05, 0.1) is 0 Å². The van der Waals surface area contributed by atoms with E-state index in [0.29, 0.717) is 11.5 Å². The average Bonchev–Trinajstić information content (AvgIpc) is 3.13. The first-order chi connectivity index (χ1) is 13.5. The van der Waals surface area contributed by atoms with E-state index >= 15 is 0 Å². The standard InChI is InChI=1S/C20H23N5O2S/c1-13-7-9-24(10-8-13)20-23-25-18(27)16(12-22-19(25)28-20)17(26)21-11-15-6-4-3-5-14(15)2/h3-6,12-13H,7-11H2,1-2H3,(H,21,26). The maximum Gasteiger partial charge on any atom is 0.288 e. The van der Waals surface area contributed by atoms with Gasteiger partial charge in [-0.15, -0.1) is 5.10 Å². The van der Waals surface area contributed by atoms with Crippen LogP contribution in [0.5, 0.6) is 0 Å². The topological polar surface area (TPSA) is 79.6 Å². The normalized spacial score (nSPS) is 15.1. The molecular weight excluding hydrogens is 374 g/mol. The number of benzene rings is 1. The van der Waals surface area contributed by atoms with Crippen LogP contribution in [0.25, 0.3) is 4.96 Å². The fourth-order valence-corrected chi connectivity index (χ4v) is 4.25. The second-order valence-electron chi connectivity index (χ2n) is 7.33. The van der Waals surface area contributed by atoms with E-state index in [1.165, 1.54) is 22.0 Å². The Bertz CT molecular complexity index is 1070. The van der Waals surface area contributed by atoms with E-state index < -0.39 is 11.5 Å². The van der Waals surface area contributed by atoms with Gasteiger partial charge in [0.1, 0.15) is 5.56 Å². The van der Waals surface area contributed by atoms with Gasteiger partial charge in [-0.1, -0.05) is 42.5 Å². The van der Waals surface area contributed by atoms with E-state index in [-0.39, 0.29) is 5.56 Å². The van der Waals surface area contributed by atoms with Crippen molar-refractivity contribution in [2.45, 2.75) is 33.2 Å². The number of nitrogens with one attached hydrogen (secondary N) is 1. The summed E-state index contributed by atoms with van der Waals surface area (Å²) < 4.78 is 1.25. The molecule has 1 amide bonds. The Labute approximate surface area is 167 Å². The summed E-state index contributed by atoms with van der Waals surface area (Å²) in [5, 5.41) is 8.04. The van der Waals surface area contributed by atoms with Gasteiger partial charge in [0.15, 0.2) is 0 Å². The van der Waals surface area contributed by atoms with E-state index in [2.05, 4.69) is 27.2 Å². The summed E-state index contributed by atoms with van der Waals surface area (Å²) in [5.74, 6) is 0.284. The molecule has 0 spiro atoms. The minimum Gasteiger partial charge on any atom is -0.348 e. The van der Waals surface area contributed by atoms with Crippen molar-refractivity contribution >= 4 is 27.3 Å². The summed E-state index contributed by atoms with van der Waals surface area (Å²) in [7, 11) is 0. The first kappa shape index (κ1) is 18.6. The summed E-state index contributed by atoms with van der Waals surface area (Å²) in [4.78, 5) is 32.3. The Morgan fingerprint density at radius 3 is 2.79 bits per heavy atom. The number of carbonyl (C=O) groups is 1. The van der Waals surface area contributed by atoms with Crippen LogP contribution in [0.3, 0.4) is 0 Å². The third-order valence-corrected chi connectivity index (χ3v) is 6.26. The molecule has 1 saturated heterocycles. The molecule has 2 aromatic heterocycles. The molecule has 3 heterocycles. The number of anilines is 1. The first-order valence-electron chi connectivity index (χ1n) is 9.49. The van der Waals surface area contributed by atoms with E-state index in [4.69, 9.17) is 0 Å². The highest BCUT2D eigenvalue weighted by Gasteiger charge is 2.21. The number of aromatic nitrogens is 3. The van der Waals surface area contributed by atoms with Gasteiger partial charge in [-0.2, -0.15) is 4.52 Å². The maximum atomic E-state index is 12.8. The van der Waals surface area contributed by atoms with Crippen LogP contribution in [-0.4, -0.2) is 33.6 Å². The van der Waals surface area contributed by atoms with E-state index in [9.17, 15) is 9.59 Å². The van der Waals surface area contributed by atoms with Crippen molar-refractivity contribution in [3.8, 4) is 0 Å². The van der Waals surface area contributed by atoms with Gasteiger partial charge in [-0.05, 0) is 36.8 Å². The average molecular weight is 398 g/mol. The number of hydrogen-bond acceptors (Lipinski definition) is 6. The number of amides is 1. The largest absolute Gasteiger partial charge is 0.348 e. The van der Waals surface area contributed by atoms with Crippen molar-refractivity contribution in [3.63, 3.8) is 0 Å². The summed E-state index contributed by atoms with van der Waals surface area (Å²) >= 11 is 1.39. The highest BCUT2D eigenvalue weighted by Crippen LogP contribution is 2.26. The zero-order valence-corrected chi connectivity index (χ0v) is 16.8. The number of hydrogen-bond donors (Lipinski definition) is 1. The SMILES string of the molecule is Cc1ccccc1CNC(=O)c1cnc2sc(N3CCC(C)CC3)nn2c1=O. The van der Waals surface area contributed by atoms with Gasteiger partial charge in [-0.25, -0.2) is 4.98 Å². The molecule has 1 N–H and O–H groups in total. The maximum absolute atomic E-state index is 12.8. The van der Waals surface area contributed by atoms with Crippen LogP contribution in [-0.2, 0) is 6.54 Å². The molecule has 28 heavy (non-hydrogen) atoms. The van der Waals surface area contributed by atoms with Gasteiger partial charge < -0.3 is 10.2 Å². The Kier molecular flexibility index (Phi) is 5.13. The molecule has 0 bridgehead atoms. The van der Waals surface area contributed by atoms with Crippen molar-refractivity contribution in [1.29, 1.82) is 0 Å². The molecule has 0 aliphatic carbocycles. The van der Waals surface area contributed by atoms with Crippen LogP contribution in [0, 0.1) is 12.8 Å². The Balaban J connectivity index is 1.55. The Morgan fingerprint density at radius 2 is 2.04 bits per heavy atom. The van der Waals surface area contributed by atoms with Crippen LogP contribution < -0.4 is 15.8 Å². The molecular formula is C20H23N5O2S. The van der Waals surface area contributed by atoms with Crippen molar-refractivity contribution in [2.75, 3.05) is 18.0 Å². The van der Waals surface area contributed by atoms with Crippen molar-refractivity contribution in [1.82, 2.24) is 19.9 Å². The van der Waals surface area contributed by atoms with Gasteiger partial charge in [0.2, 0.25) is 10.1 Å². The lowest BCUT2D eigenvalue weighted by Gasteiger charge is -2.29. The number of aryl methyl sites for hydroxylation is 1. The fourth-order valence-electron chi connectivity index (χ4n) is 3.34. The van der Waals surface area contributed by atoms with Crippen LogP contribution in [0.2, 0.25) is 0 Å². The minimum atomic E-state index is -0.434. The monoisotopic (exact) mass is 397 g/mol. The van der Waals surface area contributed by atoms with E-state index in [1.807, 2.05) is 31.2 Å². The molecule has 1 aliphatic heterocycles. The highest BCUT2D eigenvalue weighted by molar-refractivity contribution is 7.20. The molecule has 1 aliphatic rings. The number of nitrogens with zero attached hydrogens (tertiary/aromatic N) is 4. The molecule has 8 heteroatoms. The van der Waals surface area contributed by atoms with Crippen LogP contribution in [0.15, 0.2) is 35.3 Å². The minimum absolute atomic E-state index is 0.00944.